The number of benzene rings is 2. The van der Waals surface area contributed by atoms with Crippen LogP contribution in [0.5, 0.6) is 5.75 Å². The first-order valence-corrected chi connectivity index (χ1v) is 7.51. The number of sulfonamides is 1. The van der Waals surface area contributed by atoms with E-state index in [0.717, 1.165) is 12.1 Å². The predicted molar refractivity (Wildman–Crippen MR) is 76.1 cm³/mol. The third-order valence-corrected chi connectivity index (χ3v) is 4.20. The van der Waals surface area contributed by atoms with E-state index in [1.54, 1.807) is 6.07 Å². The Labute approximate surface area is 122 Å². The summed E-state index contributed by atoms with van der Waals surface area (Å²) in [7, 11) is -2.56. The minimum Gasteiger partial charge on any atom is -0.495 e. The molecule has 5 nitrogen and oxygen atoms in total. The number of aliphatic hydroxyl groups is 1. The van der Waals surface area contributed by atoms with Crippen LogP contribution in [0.4, 0.5) is 10.1 Å². The van der Waals surface area contributed by atoms with Gasteiger partial charge in [0.2, 0.25) is 0 Å². The van der Waals surface area contributed by atoms with Crippen molar-refractivity contribution in [3.8, 4) is 5.75 Å². The number of nitrogens with one attached hydrogen (secondary N) is 1. The fraction of sp³-hybridized carbons (Fsp3) is 0.143. The maximum Gasteiger partial charge on any atom is 0.265 e. The Morgan fingerprint density at radius 1 is 1.19 bits per heavy atom. The molecule has 2 rings (SSSR count). The largest absolute Gasteiger partial charge is 0.495 e. The molecular weight excluding hydrogens is 297 g/mol. The summed E-state index contributed by atoms with van der Waals surface area (Å²) in [5.74, 6) is -0.306. The Kier molecular flexibility index (Phi) is 4.44. The molecular formula is C14H14FNO4S. The Bertz CT molecular complexity index is 729. The van der Waals surface area contributed by atoms with Gasteiger partial charge in [-0.25, -0.2) is 12.8 Å². The molecule has 0 amide bonds. The van der Waals surface area contributed by atoms with Crippen LogP contribution in [-0.4, -0.2) is 20.6 Å². The van der Waals surface area contributed by atoms with E-state index in [1.807, 2.05) is 0 Å². The van der Waals surface area contributed by atoms with Crippen molar-refractivity contribution in [2.24, 2.45) is 0 Å². The first kappa shape index (κ1) is 15.3. The number of halogens is 1. The maximum atomic E-state index is 12.8. The summed E-state index contributed by atoms with van der Waals surface area (Å²) in [6, 6.07) is 9.29. The Morgan fingerprint density at radius 3 is 2.43 bits per heavy atom. The summed E-state index contributed by atoms with van der Waals surface area (Å²) in [5, 5.41) is 9.11. The number of methoxy groups -OCH3 is 1. The van der Waals surface area contributed by atoms with Crippen LogP contribution in [0.15, 0.2) is 47.4 Å². The molecule has 0 radical (unpaired) electrons. The van der Waals surface area contributed by atoms with Crippen LogP contribution in [0.3, 0.4) is 0 Å². The molecule has 0 atom stereocenters. The zero-order valence-electron chi connectivity index (χ0n) is 11.2. The van der Waals surface area contributed by atoms with E-state index in [1.165, 1.54) is 31.4 Å². The van der Waals surface area contributed by atoms with Gasteiger partial charge in [0.15, 0.2) is 0 Å². The van der Waals surface area contributed by atoms with Gasteiger partial charge in [0.05, 0.1) is 13.7 Å². The van der Waals surface area contributed by atoms with Gasteiger partial charge >= 0.3 is 0 Å². The number of hydrogen-bond donors (Lipinski definition) is 2. The Morgan fingerprint density at radius 2 is 1.86 bits per heavy atom. The molecule has 0 unspecified atom stereocenters. The van der Waals surface area contributed by atoms with E-state index in [4.69, 9.17) is 9.84 Å². The van der Waals surface area contributed by atoms with Gasteiger partial charge in [-0.05, 0) is 42.0 Å². The summed E-state index contributed by atoms with van der Waals surface area (Å²) in [5.41, 5.74) is 0.670. The third-order valence-electron chi connectivity index (χ3n) is 2.80. The van der Waals surface area contributed by atoms with Crippen molar-refractivity contribution in [1.29, 1.82) is 0 Å². The van der Waals surface area contributed by atoms with Crippen LogP contribution in [0.2, 0.25) is 0 Å². The lowest BCUT2D eigenvalue weighted by Gasteiger charge is -2.12. The second-order valence-electron chi connectivity index (χ2n) is 4.26. The molecule has 2 aromatic carbocycles. The van der Waals surface area contributed by atoms with Crippen LogP contribution in [0, 0.1) is 5.82 Å². The SMILES string of the molecule is COc1ccc(CO)cc1S(=O)(=O)Nc1ccc(F)cc1. The number of aliphatic hydroxyl groups excluding tert-OH is 1. The van der Waals surface area contributed by atoms with Gasteiger partial charge in [-0.15, -0.1) is 0 Å². The molecule has 0 aromatic heterocycles. The van der Waals surface area contributed by atoms with E-state index in [9.17, 15) is 12.8 Å². The van der Waals surface area contributed by atoms with Gasteiger partial charge in [-0.1, -0.05) is 6.07 Å². The number of hydrogen-bond acceptors (Lipinski definition) is 4. The number of anilines is 1. The molecule has 7 heteroatoms. The standard InChI is InChI=1S/C14H14FNO4S/c1-20-13-7-2-10(9-17)8-14(13)21(18,19)16-12-5-3-11(15)4-6-12/h2-8,16-17H,9H2,1H3. The van der Waals surface area contributed by atoms with Gasteiger partial charge in [-0.3, -0.25) is 4.72 Å². The molecule has 0 heterocycles. The summed E-state index contributed by atoms with van der Waals surface area (Å²) in [6.07, 6.45) is 0. The molecule has 0 aliphatic rings. The second kappa shape index (κ2) is 6.11. The van der Waals surface area contributed by atoms with E-state index >= 15 is 0 Å². The smallest absolute Gasteiger partial charge is 0.265 e. The molecule has 0 aliphatic heterocycles. The average Bonchev–Trinajstić information content (AvgIpc) is 2.48. The predicted octanol–water partition coefficient (Wildman–Crippen LogP) is 2.13. The number of rotatable bonds is 5. The fourth-order valence-corrected chi connectivity index (χ4v) is 3.04. The fourth-order valence-electron chi connectivity index (χ4n) is 1.76. The Hall–Kier alpha value is -2.12. The van der Waals surface area contributed by atoms with Crippen molar-refractivity contribution in [1.82, 2.24) is 0 Å². The highest BCUT2D eigenvalue weighted by molar-refractivity contribution is 7.92. The van der Waals surface area contributed by atoms with Crippen molar-refractivity contribution in [3.05, 3.63) is 53.8 Å². The molecule has 0 aliphatic carbocycles. The van der Waals surface area contributed by atoms with Crippen molar-refractivity contribution in [2.45, 2.75) is 11.5 Å². The summed E-state index contributed by atoms with van der Waals surface area (Å²) in [6.45, 7) is -0.289. The van der Waals surface area contributed by atoms with E-state index in [2.05, 4.69) is 4.72 Å². The maximum absolute atomic E-state index is 12.8. The first-order chi connectivity index (χ1) is 9.96. The monoisotopic (exact) mass is 311 g/mol. The minimum atomic E-state index is -3.91. The third kappa shape index (κ3) is 3.50. The van der Waals surface area contributed by atoms with Crippen molar-refractivity contribution < 1.29 is 22.7 Å². The van der Waals surface area contributed by atoms with E-state index in [0.29, 0.717) is 5.56 Å². The van der Waals surface area contributed by atoms with Gasteiger partial charge in [0.25, 0.3) is 10.0 Å². The van der Waals surface area contributed by atoms with Gasteiger partial charge < -0.3 is 9.84 Å². The van der Waals surface area contributed by atoms with Gasteiger partial charge in [0, 0.05) is 5.69 Å². The normalized spacial score (nSPS) is 11.2. The minimum absolute atomic E-state index is 0.0964. The quantitative estimate of drug-likeness (QED) is 0.887. The zero-order valence-corrected chi connectivity index (χ0v) is 12.0. The lowest BCUT2D eigenvalue weighted by atomic mass is 10.2. The molecule has 0 fully saturated rings. The number of ether oxygens (including phenoxy) is 1. The molecule has 112 valence electrons. The highest BCUT2D eigenvalue weighted by Crippen LogP contribution is 2.27. The molecule has 0 bridgehead atoms. The second-order valence-corrected chi connectivity index (χ2v) is 5.91. The lowest BCUT2D eigenvalue weighted by Crippen LogP contribution is -2.14. The zero-order chi connectivity index (χ0) is 15.5. The Balaban J connectivity index is 2.41. The van der Waals surface area contributed by atoms with Crippen LogP contribution in [0.1, 0.15) is 5.56 Å². The molecule has 0 saturated heterocycles. The highest BCUT2D eigenvalue weighted by Gasteiger charge is 2.20. The van der Waals surface area contributed by atoms with Crippen LogP contribution < -0.4 is 9.46 Å². The summed E-state index contributed by atoms with van der Waals surface area (Å²) < 4.78 is 44.9. The van der Waals surface area contributed by atoms with Crippen LogP contribution in [-0.2, 0) is 16.6 Å². The average molecular weight is 311 g/mol. The van der Waals surface area contributed by atoms with Crippen LogP contribution >= 0.6 is 0 Å². The molecule has 2 N–H and O–H groups in total. The molecule has 2 aromatic rings. The lowest BCUT2D eigenvalue weighted by molar-refractivity contribution is 0.281. The topological polar surface area (TPSA) is 75.6 Å². The van der Waals surface area contributed by atoms with Crippen molar-refractivity contribution >= 4 is 15.7 Å². The van der Waals surface area contributed by atoms with Crippen molar-refractivity contribution in [2.75, 3.05) is 11.8 Å². The van der Waals surface area contributed by atoms with E-state index < -0.39 is 15.8 Å². The van der Waals surface area contributed by atoms with Crippen LogP contribution in [0.25, 0.3) is 0 Å². The molecule has 0 spiro atoms. The van der Waals surface area contributed by atoms with Crippen molar-refractivity contribution in [3.63, 3.8) is 0 Å². The molecule has 21 heavy (non-hydrogen) atoms. The summed E-state index contributed by atoms with van der Waals surface area (Å²) in [4.78, 5) is -0.0964. The van der Waals surface area contributed by atoms with Gasteiger partial charge in [0.1, 0.15) is 16.5 Å². The molecule has 0 saturated carbocycles. The van der Waals surface area contributed by atoms with Gasteiger partial charge in [-0.2, -0.15) is 0 Å². The van der Waals surface area contributed by atoms with E-state index in [-0.39, 0.29) is 22.9 Å². The summed E-state index contributed by atoms with van der Waals surface area (Å²) >= 11 is 0. The highest BCUT2D eigenvalue weighted by atomic mass is 32.2. The first-order valence-electron chi connectivity index (χ1n) is 6.02.